The maximum Gasteiger partial charge on any atom is 0.0445 e. The molecule has 17 heavy (non-hydrogen) atoms. The van der Waals surface area contributed by atoms with E-state index in [1.54, 1.807) is 0 Å². The van der Waals surface area contributed by atoms with E-state index >= 15 is 0 Å². The van der Waals surface area contributed by atoms with Gasteiger partial charge < -0.3 is 10.4 Å². The number of hydrogen-bond acceptors (Lipinski definition) is 3. The molecule has 2 N–H and O–H groups in total. The van der Waals surface area contributed by atoms with Crippen molar-refractivity contribution in [3.05, 3.63) is 29.8 Å². The summed E-state index contributed by atoms with van der Waals surface area (Å²) < 4.78 is 0. The molecule has 0 saturated carbocycles. The van der Waals surface area contributed by atoms with Gasteiger partial charge in [0.1, 0.15) is 0 Å². The Labute approximate surface area is 108 Å². The van der Waals surface area contributed by atoms with Gasteiger partial charge in [0.05, 0.1) is 0 Å². The van der Waals surface area contributed by atoms with Crippen molar-refractivity contribution in [3.8, 4) is 0 Å². The second kappa shape index (κ2) is 6.43. The minimum absolute atomic E-state index is 0.261. The van der Waals surface area contributed by atoms with Gasteiger partial charge in [-0.2, -0.15) is 0 Å². The maximum atomic E-state index is 8.97. The largest absolute Gasteiger partial charge is 0.396 e. The third-order valence-corrected chi connectivity index (χ3v) is 4.41. The monoisotopic (exact) mass is 251 g/mol. The Morgan fingerprint density at radius 2 is 2.29 bits per heavy atom. The first-order valence-corrected chi connectivity index (χ1v) is 7.38. The summed E-state index contributed by atoms with van der Waals surface area (Å²) in [6, 6.07) is 9.51. The van der Waals surface area contributed by atoms with Crippen LogP contribution in [0.2, 0.25) is 0 Å². The molecule has 1 heterocycles. The highest BCUT2D eigenvalue weighted by Gasteiger charge is 2.19. The second-order valence-corrected chi connectivity index (χ2v) is 5.80. The Bertz CT molecular complexity index is 356. The highest BCUT2D eigenvalue weighted by Crippen LogP contribution is 2.34. The Balaban J connectivity index is 2.11. The molecule has 94 valence electrons. The summed E-state index contributed by atoms with van der Waals surface area (Å²) in [5, 5.41) is 12.6. The highest BCUT2D eigenvalue weighted by atomic mass is 32.2. The van der Waals surface area contributed by atoms with E-state index in [2.05, 4.69) is 36.5 Å². The van der Waals surface area contributed by atoms with E-state index in [0.29, 0.717) is 12.1 Å². The van der Waals surface area contributed by atoms with Crippen LogP contribution in [0.5, 0.6) is 0 Å². The van der Waals surface area contributed by atoms with Crippen molar-refractivity contribution in [2.45, 2.75) is 43.2 Å². The summed E-state index contributed by atoms with van der Waals surface area (Å²) in [5.41, 5.74) is 1.43. The molecule has 1 aliphatic heterocycles. The molecule has 3 heteroatoms. The van der Waals surface area contributed by atoms with Gasteiger partial charge in [-0.1, -0.05) is 18.2 Å². The van der Waals surface area contributed by atoms with Crippen molar-refractivity contribution in [1.82, 2.24) is 5.32 Å². The number of nitrogens with one attached hydrogen (secondary N) is 1. The molecule has 2 nitrogen and oxygen atoms in total. The first kappa shape index (κ1) is 12.9. The van der Waals surface area contributed by atoms with Gasteiger partial charge in [0.25, 0.3) is 0 Å². The van der Waals surface area contributed by atoms with E-state index in [-0.39, 0.29) is 6.61 Å². The zero-order valence-electron chi connectivity index (χ0n) is 10.4. The average molecular weight is 251 g/mol. The lowest BCUT2D eigenvalue weighted by atomic mass is 10.0. The van der Waals surface area contributed by atoms with Gasteiger partial charge in [-0.15, -0.1) is 11.8 Å². The van der Waals surface area contributed by atoms with E-state index in [0.717, 1.165) is 6.42 Å². The van der Waals surface area contributed by atoms with Gasteiger partial charge in [-0.05, 0) is 43.6 Å². The molecular formula is C14H21NOS. The van der Waals surface area contributed by atoms with Crippen molar-refractivity contribution in [2.24, 2.45) is 0 Å². The van der Waals surface area contributed by atoms with Crippen LogP contribution in [-0.2, 0) is 0 Å². The van der Waals surface area contributed by atoms with E-state index in [1.165, 1.54) is 29.1 Å². The molecular weight excluding hydrogens is 230 g/mol. The fourth-order valence-corrected chi connectivity index (χ4v) is 3.40. The molecule has 1 aliphatic rings. The summed E-state index contributed by atoms with van der Waals surface area (Å²) in [4.78, 5) is 1.42. The number of aliphatic hydroxyl groups excluding tert-OH is 1. The van der Waals surface area contributed by atoms with E-state index in [4.69, 9.17) is 5.11 Å². The van der Waals surface area contributed by atoms with Gasteiger partial charge in [-0.3, -0.25) is 0 Å². The normalized spacial score (nSPS) is 21.6. The lowest BCUT2D eigenvalue weighted by molar-refractivity contribution is 0.261. The van der Waals surface area contributed by atoms with Crippen LogP contribution in [0.15, 0.2) is 29.2 Å². The smallest absolute Gasteiger partial charge is 0.0445 e. The lowest BCUT2D eigenvalue weighted by Gasteiger charge is -2.23. The van der Waals surface area contributed by atoms with Gasteiger partial charge in [-0.25, -0.2) is 0 Å². The summed E-state index contributed by atoms with van der Waals surface area (Å²) in [7, 11) is 0. The van der Waals surface area contributed by atoms with Crippen LogP contribution in [0.25, 0.3) is 0 Å². The standard InChI is InChI=1S/C14H21NOS/c1-11(8-9-16)15-13-6-4-10-17-14-7-3-2-5-12(13)14/h2-3,5,7,11,13,15-16H,4,6,8-10H2,1H3/t11-,13+/m1/s1. The molecule has 0 spiro atoms. The van der Waals surface area contributed by atoms with E-state index in [1.807, 2.05) is 11.8 Å². The Morgan fingerprint density at radius 3 is 3.12 bits per heavy atom. The predicted molar refractivity (Wildman–Crippen MR) is 73.4 cm³/mol. The predicted octanol–water partition coefficient (Wildman–Crippen LogP) is 2.97. The van der Waals surface area contributed by atoms with Crippen molar-refractivity contribution in [2.75, 3.05) is 12.4 Å². The molecule has 0 fully saturated rings. The highest BCUT2D eigenvalue weighted by molar-refractivity contribution is 7.99. The van der Waals surface area contributed by atoms with Crippen LogP contribution >= 0.6 is 11.8 Å². The number of aliphatic hydroxyl groups is 1. The molecule has 0 saturated heterocycles. The van der Waals surface area contributed by atoms with Crippen molar-refractivity contribution < 1.29 is 5.11 Å². The summed E-state index contributed by atoms with van der Waals surface area (Å²) >= 11 is 1.96. The Hall–Kier alpha value is -0.510. The van der Waals surface area contributed by atoms with Crippen molar-refractivity contribution in [3.63, 3.8) is 0 Å². The topological polar surface area (TPSA) is 32.3 Å². The van der Waals surface area contributed by atoms with Crippen LogP contribution in [0.3, 0.4) is 0 Å². The molecule has 0 unspecified atom stereocenters. The molecule has 0 bridgehead atoms. The fraction of sp³-hybridized carbons (Fsp3) is 0.571. The third kappa shape index (κ3) is 3.47. The summed E-state index contributed by atoms with van der Waals surface area (Å²) in [6.45, 7) is 2.41. The number of thioether (sulfide) groups is 1. The zero-order valence-corrected chi connectivity index (χ0v) is 11.2. The first-order valence-electron chi connectivity index (χ1n) is 6.40. The summed E-state index contributed by atoms with van der Waals surface area (Å²) in [5.74, 6) is 1.21. The third-order valence-electron chi connectivity index (χ3n) is 3.24. The minimum atomic E-state index is 0.261. The lowest BCUT2D eigenvalue weighted by Crippen LogP contribution is -2.31. The zero-order chi connectivity index (χ0) is 12.1. The van der Waals surface area contributed by atoms with Gasteiger partial charge in [0, 0.05) is 23.6 Å². The van der Waals surface area contributed by atoms with Gasteiger partial charge in [0.2, 0.25) is 0 Å². The molecule has 0 aromatic heterocycles. The number of rotatable bonds is 4. The minimum Gasteiger partial charge on any atom is -0.396 e. The summed E-state index contributed by atoms with van der Waals surface area (Å²) in [6.07, 6.45) is 3.27. The van der Waals surface area contributed by atoms with Crippen molar-refractivity contribution >= 4 is 11.8 Å². The van der Waals surface area contributed by atoms with Crippen LogP contribution in [0.4, 0.5) is 0 Å². The maximum absolute atomic E-state index is 8.97. The first-order chi connectivity index (χ1) is 8.31. The van der Waals surface area contributed by atoms with E-state index < -0.39 is 0 Å². The SMILES string of the molecule is C[C@H](CCO)N[C@H]1CCCSc2ccccc21. The second-order valence-electron chi connectivity index (χ2n) is 4.66. The van der Waals surface area contributed by atoms with E-state index in [9.17, 15) is 0 Å². The number of fused-ring (bicyclic) bond motifs is 1. The van der Waals surface area contributed by atoms with Crippen LogP contribution in [-0.4, -0.2) is 23.5 Å². The Kier molecular flexibility index (Phi) is 4.89. The van der Waals surface area contributed by atoms with Crippen LogP contribution in [0.1, 0.15) is 37.8 Å². The quantitative estimate of drug-likeness (QED) is 0.863. The van der Waals surface area contributed by atoms with Crippen molar-refractivity contribution in [1.29, 1.82) is 0 Å². The van der Waals surface area contributed by atoms with Gasteiger partial charge in [0.15, 0.2) is 0 Å². The van der Waals surface area contributed by atoms with Gasteiger partial charge >= 0.3 is 0 Å². The average Bonchev–Trinajstić information content (AvgIpc) is 2.53. The van der Waals surface area contributed by atoms with Crippen LogP contribution in [0, 0.1) is 0 Å². The number of benzene rings is 1. The molecule has 0 amide bonds. The van der Waals surface area contributed by atoms with Crippen LogP contribution < -0.4 is 5.32 Å². The molecule has 2 atom stereocenters. The Morgan fingerprint density at radius 1 is 1.47 bits per heavy atom. The fourth-order valence-electron chi connectivity index (χ4n) is 2.32. The molecule has 0 aliphatic carbocycles. The molecule has 1 aromatic carbocycles. The molecule has 2 rings (SSSR count). The number of hydrogen-bond donors (Lipinski definition) is 2. The molecule has 0 radical (unpaired) electrons. The molecule has 1 aromatic rings.